The first kappa shape index (κ1) is 30.7. The van der Waals surface area contributed by atoms with E-state index in [9.17, 15) is 19.2 Å². The minimum atomic E-state index is -0.767. The van der Waals surface area contributed by atoms with Gasteiger partial charge < -0.3 is 9.80 Å². The van der Waals surface area contributed by atoms with Crippen LogP contribution in [0, 0.1) is 0 Å². The lowest BCUT2D eigenvalue weighted by Crippen LogP contribution is -2.58. The van der Waals surface area contributed by atoms with Crippen LogP contribution in [0.25, 0.3) is 0 Å². The predicted molar refractivity (Wildman–Crippen MR) is 147 cm³/mol. The molecule has 1 aliphatic heterocycles. The zero-order chi connectivity index (χ0) is 27.1. The number of nitrogens with zero attached hydrogens (tertiary/aromatic N) is 2. The molecule has 1 unspecified atom stereocenters. The van der Waals surface area contributed by atoms with E-state index in [-0.39, 0.29) is 37.0 Å². The van der Waals surface area contributed by atoms with Gasteiger partial charge in [-0.1, -0.05) is 82.7 Å². The van der Waals surface area contributed by atoms with Crippen LogP contribution >= 0.6 is 0 Å². The fourth-order valence-electron chi connectivity index (χ4n) is 5.05. The summed E-state index contributed by atoms with van der Waals surface area (Å²) in [4.78, 5) is 52.3. The summed E-state index contributed by atoms with van der Waals surface area (Å²) in [6.07, 6.45) is 12.3. The third kappa shape index (κ3) is 10.8. The van der Waals surface area contributed by atoms with Crippen molar-refractivity contribution in [3.8, 4) is 0 Å². The summed E-state index contributed by atoms with van der Waals surface area (Å²) in [6, 6.07) is 7.88. The number of likely N-dealkylation sites (N-methyl/N-ethyl adjacent to an activating group) is 1. The van der Waals surface area contributed by atoms with E-state index in [4.69, 9.17) is 0 Å². The molecule has 1 aromatic carbocycles. The van der Waals surface area contributed by atoms with Gasteiger partial charge in [0.15, 0.2) is 12.3 Å². The molecule has 0 bridgehead atoms. The molecule has 1 aliphatic rings. The van der Waals surface area contributed by atoms with Gasteiger partial charge in [0.05, 0.1) is 26.7 Å². The van der Waals surface area contributed by atoms with Gasteiger partial charge in [-0.25, -0.2) is 0 Å². The first-order chi connectivity index (χ1) is 17.8. The lowest BCUT2D eigenvalue weighted by atomic mass is 10.0. The molecular formula is C30H48N3O4+. The Labute approximate surface area is 223 Å². The van der Waals surface area contributed by atoms with E-state index < -0.39 is 11.9 Å². The number of nitrogens with one attached hydrogen (secondary N) is 1. The van der Waals surface area contributed by atoms with Crippen LogP contribution in [0.2, 0.25) is 0 Å². The fourth-order valence-corrected chi connectivity index (χ4v) is 5.05. The number of Topliss-reactive ketones (excluding diaryl/α,β-unsaturated/α-hetero) is 1. The van der Waals surface area contributed by atoms with Gasteiger partial charge in [-0.3, -0.25) is 24.1 Å². The Morgan fingerprint density at radius 2 is 1.46 bits per heavy atom. The van der Waals surface area contributed by atoms with Crippen molar-refractivity contribution >= 4 is 23.5 Å². The minimum Gasteiger partial charge on any atom is -0.339 e. The predicted octanol–water partition coefficient (Wildman–Crippen LogP) is 4.89. The molecule has 1 atom stereocenters. The maximum atomic E-state index is 13.1. The first-order valence-electron chi connectivity index (χ1n) is 14.3. The van der Waals surface area contributed by atoms with Gasteiger partial charge in [0, 0.05) is 12.0 Å². The van der Waals surface area contributed by atoms with Crippen molar-refractivity contribution in [1.82, 2.24) is 10.2 Å². The Balaban J connectivity index is 1.96. The molecule has 1 aromatic rings. The monoisotopic (exact) mass is 514 g/mol. The molecule has 0 saturated carbocycles. The molecule has 0 aliphatic carbocycles. The standard InChI is InChI=1S/C30H47N3O4/c1-4-6-8-10-15-21-33(3,22-16-11-9-7-5-2)24-28(35)31-26-19-20-29(36)32(30(26)37)23-27(34)25-17-13-12-14-18-25/h12-14,17-18,26H,4-11,15-16,19-24H2,1-3H3/p+1. The normalized spacial score (nSPS) is 16.2. The Morgan fingerprint density at radius 1 is 0.892 bits per heavy atom. The highest BCUT2D eigenvalue weighted by atomic mass is 16.2. The molecule has 1 heterocycles. The van der Waals surface area contributed by atoms with E-state index in [0.717, 1.165) is 30.8 Å². The van der Waals surface area contributed by atoms with Gasteiger partial charge >= 0.3 is 0 Å². The van der Waals surface area contributed by atoms with Gasteiger partial charge in [-0.05, 0) is 32.1 Å². The summed E-state index contributed by atoms with van der Waals surface area (Å²) in [6.45, 7) is 6.33. The number of rotatable bonds is 18. The number of piperidine rings is 1. The Kier molecular flexibility index (Phi) is 13.5. The number of hydrogen-bond donors (Lipinski definition) is 1. The minimum absolute atomic E-state index is 0.139. The van der Waals surface area contributed by atoms with E-state index >= 15 is 0 Å². The molecule has 1 saturated heterocycles. The van der Waals surface area contributed by atoms with Crippen LogP contribution in [0.5, 0.6) is 0 Å². The number of carbonyl (C=O) groups excluding carboxylic acids is 4. The average molecular weight is 515 g/mol. The summed E-state index contributed by atoms with van der Waals surface area (Å²) in [5.41, 5.74) is 0.459. The van der Waals surface area contributed by atoms with Crippen LogP contribution in [0.4, 0.5) is 0 Å². The van der Waals surface area contributed by atoms with Gasteiger partial charge in [-0.2, -0.15) is 0 Å². The molecule has 206 valence electrons. The summed E-state index contributed by atoms with van der Waals surface area (Å²) in [5, 5.41) is 2.90. The third-order valence-electron chi connectivity index (χ3n) is 7.37. The van der Waals surface area contributed by atoms with Crippen LogP contribution in [0.15, 0.2) is 30.3 Å². The second kappa shape index (κ2) is 16.3. The maximum Gasteiger partial charge on any atom is 0.275 e. The number of ketones is 1. The zero-order valence-electron chi connectivity index (χ0n) is 23.3. The van der Waals surface area contributed by atoms with Crippen molar-refractivity contribution in [2.45, 2.75) is 96.9 Å². The molecule has 0 radical (unpaired) electrons. The van der Waals surface area contributed by atoms with Crippen molar-refractivity contribution in [3.05, 3.63) is 35.9 Å². The topological polar surface area (TPSA) is 83.6 Å². The summed E-state index contributed by atoms with van der Waals surface area (Å²) in [5.74, 6) is -1.29. The quantitative estimate of drug-likeness (QED) is 0.131. The summed E-state index contributed by atoms with van der Waals surface area (Å²) < 4.78 is 0.667. The van der Waals surface area contributed by atoms with Gasteiger partial charge in [0.25, 0.3) is 11.8 Å². The second-order valence-corrected chi connectivity index (χ2v) is 10.8. The number of benzene rings is 1. The highest BCUT2D eigenvalue weighted by Gasteiger charge is 2.37. The lowest BCUT2D eigenvalue weighted by Gasteiger charge is -2.35. The van der Waals surface area contributed by atoms with Crippen molar-refractivity contribution in [2.24, 2.45) is 0 Å². The Bertz CT molecular complexity index is 857. The number of likely N-dealkylation sites (tertiary alicyclic amines) is 1. The average Bonchev–Trinajstić information content (AvgIpc) is 2.88. The highest BCUT2D eigenvalue weighted by molar-refractivity contribution is 6.07. The van der Waals surface area contributed by atoms with Crippen LogP contribution in [0.3, 0.4) is 0 Å². The van der Waals surface area contributed by atoms with Crippen molar-refractivity contribution in [2.75, 3.05) is 33.2 Å². The van der Waals surface area contributed by atoms with Gasteiger partial charge in [0.1, 0.15) is 6.04 Å². The molecule has 1 N–H and O–H groups in total. The lowest BCUT2D eigenvalue weighted by molar-refractivity contribution is -0.902. The van der Waals surface area contributed by atoms with Crippen LogP contribution in [-0.4, -0.2) is 72.2 Å². The Morgan fingerprint density at radius 3 is 2.03 bits per heavy atom. The third-order valence-corrected chi connectivity index (χ3v) is 7.37. The Hall–Kier alpha value is -2.54. The van der Waals surface area contributed by atoms with Crippen LogP contribution in [0.1, 0.15) is 101 Å². The first-order valence-corrected chi connectivity index (χ1v) is 14.3. The second-order valence-electron chi connectivity index (χ2n) is 10.8. The van der Waals surface area contributed by atoms with Crippen molar-refractivity contribution < 1.29 is 23.7 Å². The smallest absolute Gasteiger partial charge is 0.275 e. The number of carbonyl (C=O) groups is 4. The highest BCUT2D eigenvalue weighted by Crippen LogP contribution is 2.16. The van der Waals surface area contributed by atoms with E-state index in [0.29, 0.717) is 16.6 Å². The molecule has 37 heavy (non-hydrogen) atoms. The van der Waals surface area contributed by atoms with Crippen LogP contribution in [-0.2, 0) is 14.4 Å². The number of unbranched alkanes of at least 4 members (excludes halogenated alkanes) is 8. The zero-order valence-corrected chi connectivity index (χ0v) is 23.3. The molecule has 0 aromatic heterocycles. The molecule has 2 rings (SSSR count). The van der Waals surface area contributed by atoms with Crippen molar-refractivity contribution in [3.63, 3.8) is 0 Å². The molecule has 7 nitrogen and oxygen atoms in total. The molecule has 0 spiro atoms. The van der Waals surface area contributed by atoms with E-state index in [1.54, 1.807) is 24.3 Å². The van der Waals surface area contributed by atoms with E-state index in [2.05, 4.69) is 26.2 Å². The number of imide groups is 1. The fraction of sp³-hybridized carbons (Fsp3) is 0.667. The maximum absolute atomic E-state index is 13.1. The van der Waals surface area contributed by atoms with E-state index in [1.807, 2.05) is 6.07 Å². The summed E-state index contributed by atoms with van der Waals surface area (Å²) in [7, 11) is 2.15. The molecule has 3 amide bonds. The molecule has 1 fully saturated rings. The SMILES string of the molecule is CCCCCCC[N+](C)(CCCCCCC)CC(=O)NC1CCC(=O)N(CC(=O)c2ccccc2)C1=O. The summed E-state index contributed by atoms with van der Waals surface area (Å²) >= 11 is 0. The molecule has 7 heteroatoms. The van der Waals surface area contributed by atoms with Gasteiger partial charge in [-0.15, -0.1) is 0 Å². The largest absolute Gasteiger partial charge is 0.339 e. The van der Waals surface area contributed by atoms with E-state index in [1.165, 1.54) is 51.4 Å². The van der Waals surface area contributed by atoms with Crippen LogP contribution < -0.4 is 5.32 Å². The molecular weight excluding hydrogens is 466 g/mol. The number of hydrogen-bond acceptors (Lipinski definition) is 4. The van der Waals surface area contributed by atoms with Crippen molar-refractivity contribution in [1.29, 1.82) is 0 Å². The van der Waals surface area contributed by atoms with Gasteiger partial charge in [0.2, 0.25) is 5.91 Å². The number of amides is 3. The number of quaternary nitrogens is 1.